The van der Waals surface area contributed by atoms with Crippen LogP contribution < -0.4 is 0 Å². The van der Waals surface area contributed by atoms with E-state index in [1.807, 2.05) is 4.98 Å². The summed E-state index contributed by atoms with van der Waals surface area (Å²) in [6.07, 6.45) is -4.53. The zero-order valence-electron chi connectivity index (χ0n) is 6.73. The minimum Gasteiger partial charge on any atom is -0.318 e. The van der Waals surface area contributed by atoms with Crippen LogP contribution in [0.1, 0.15) is 5.82 Å². The van der Waals surface area contributed by atoms with Gasteiger partial charge in [-0.2, -0.15) is 13.2 Å². The van der Waals surface area contributed by atoms with Gasteiger partial charge in [0, 0.05) is 0 Å². The van der Waals surface area contributed by atoms with Crippen molar-refractivity contribution in [2.24, 2.45) is 0 Å². The first-order valence-electron chi connectivity index (χ1n) is 3.54. The fourth-order valence-electron chi connectivity index (χ4n) is 0.928. The van der Waals surface area contributed by atoms with Gasteiger partial charge < -0.3 is 4.98 Å². The Morgan fingerprint density at radius 1 is 1.00 bits per heavy atom. The highest BCUT2D eigenvalue weighted by atomic mass is 79.9. The van der Waals surface area contributed by atoms with E-state index < -0.39 is 12.0 Å². The smallest absolute Gasteiger partial charge is 0.318 e. The fraction of sp³-hybridized carbons (Fsp3) is 0.167. The quantitative estimate of drug-likeness (QED) is 0.798. The van der Waals surface area contributed by atoms with E-state index in [2.05, 4.69) is 46.8 Å². The minimum atomic E-state index is -4.53. The van der Waals surface area contributed by atoms with Gasteiger partial charge in [0.1, 0.15) is 9.21 Å². The van der Waals surface area contributed by atoms with E-state index in [0.717, 1.165) is 0 Å². The van der Waals surface area contributed by atoms with Gasteiger partial charge in [0.25, 0.3) is 0 Å². The molecule has 0 bridgehead atoms. The molecular formula is C6HBr2F3N4. The Bertz CT molecular complexity index is 482. The van der Waals surface area contributed by atoms with Crippen LogP contribution >= 0.6 is 31.9 Å². The first-order valence-corrected chi connectivity index (χ1v) is 5.12. The van der Waals surface area contributed by atoms with Gasteiger partial charge in [0.05, 0.1) is 0 Å². The lowest BCUT2D eigenvalue weighted by Crippen LogP contribution is -2.06. The summed E-state index contributed by atoms with van der Waals surface area (Å²) in [5.74, 6) is -1.11. The molecule has 2 heterocycles. The highest BCUT2D eigenvalue weighted by Gasteiger charge is 2.35. The summed E-state index contributed by atoms with van der Waals surface area (Å²) >= 11 is 6.05. The maximum Gasteiger partial charge on any atom is 0.449 e. The molecule has 0 aromatic carbocycles. The standard InChI is InChI=1S/C6HBr2F3N4/c7-1-2(8)13-4-3(12-1)14-5(15-4)6(9,10)11/h(H,12,13,14,15). The lowest BCUT2D eigenvalue weighted by molar-refractivity contribution is -0.144. The number of hydrogen-bond donors (Lipinski definition) is 1. The predicted octanol–water partition coefficient (Wildman–Crippen LogP) is 2.90. The second kappa shape index (κ2) is 3.41. The molecule has 0 radical (unpaired) electrons. The number of fused-ring (bicyclic) bond motifs is 1. The molecule has 2 aromatic heterocycles. The molecule has 0 aliphatic heterocycles. The van der Waals surface area contributed by atoms with Crippen LogP contribution in [-0.4, -0.2) is 19.9 Å². The van der Waals surface area contributed by atoms with E-state index in [0.29, 0.717) is 9.21 Å². The maximum atomic E-state index is 12.3. The van der Waals surface area contributed by atoms with Crippen LogP contribution in [0.4, 0.5) is 13.2 Å². The van der Waals surface area contributed by atoms with Gasteiger partial charge in [-0.3, -0.25) is 0 Å². The predicted molar refractivity (Wildman–Crippen MR) is 52.1 cm³/mol. The van der Waals surface area contributed by atoms with E-state index in [1.54, 1.807) is 0 Å². The number of nitrogens with zero attached hydrogens (tertiary/aromatic N) is 3. The maximum absolute atomic E-state index is 12.3. The van der Waals surface area contributed by atoms with Gasteiger partial charge in [-0.15, -0.1) is 0 Å². The van der Waals surface area contributed by atoms with E-state index >= 15 is 0 Å². The lowest BCUT2D eigenvalue weighted by Gasteiger charge is -1.98. The normalized spacial score (nSPS) is 12.3. The average Bonchev–Trinajstić information content (AvgIpc) is 2.47. The van der Waals surface area contributed by atoms with Crippen molar-refractivity contribution in [2.45, 2.75) is 6.18 Å². The average molecular weight is 346 g/mol. The van der Waals surface area contributed by atoms with E-state index in [4.69, 9.17) is 0 Å². The van der Waals surface area contributed by atoms with Crippen molar-refractivity contribution in [3.8, 4) is 0 Å². The number of hydrogen-bond acceptors (Lipinski definition) is 3. The van der Waals surface area contributed by atoms with Gasteiger partial charge in [0.2, 0.25) is 5.82 Å². The molecule has 2 aromatic rings. The van der Waals surface area contributed by atoms with Crippen molar-refractivity contribution in [3.05, 3.63) is 15.0 Å². The molecule has 9 heteroatoms. The zero-order valence-corrected chi connectivity index (χ0v) is 9.90. The fourth-order valence-corrected chi connectivity index (χ4v) is 1.45. The molecular weight excluding hydrogens is 345 g/mol. The van der Waals surface area contributed by atoms with Crippen molar-refractivity contribution >= 4 is 43.2 Å². The summed E-state index contributed by atoms with van der Waals surface area (Å²) in [6.45, 7) is 0. The molecule has 0 atom stereocenters. The summed E-state index contributed by atoms with van der Waals surface area (Å²) in [5.41, 5.74) is -0.102. The van der Waals surface area contributed by atoms with E-state index in [1.165, 1.54) is 0 Å². The van der Waals surface area contributed by atoms with E-state index in [9.17, 15) is 13.2 Å². The van der Waals surface area contributed by atoms with Crippen LogP contribution in [0.15, 0.2) is 9.21 Å². The third-order valence-corrected chi connectivity index (χ3v) is 3.16. The summed E-state index contributed by atoms with van der Waals surface area (Å²) in [4.78, 5) is 12.9. The Morgan fingerprint density at radius 2 is 1.60 bits per heavy atom. The highest BCUT2D eigenvalue weighted by Crippen LogP contribution is 2.28. The Balaban J connectivity index is 2.66. The molecule has 2 rings (SSSR count). The van der Waals surface area contributed by atoms with Crippen molar-refractivity contribution in [1.29, 1.82) is 0 Å². The molecule has 4 nitrogen and oxygen atoms in total. The minimum absolute atomic E-state index is 0.0163. The number of aromatic amines is 1. The number of rotatable bonds is 0. The van der Waals surface area contributed by atoms with Gasteiger partial charge in [-0.05, 0) is 31.9 Å². The number of imidazole rings is 1. The Kier molecular flexibility index (Phi) is 2.45. The highest BCUT2D eigenvalue weighted by molar-refractivity contribution is 9.13. The van der Waals surface area contributed by atoms with Crippen LogP contribution in [0.5, 0.6) is 0 Å². The summed E-state index contributed by atoms with van der Waals surface area (Å²) in [7, 11) is 0. The summed E-state index contributed by atoms with van der Waals surface area (Å²) < 4.78 is 37.4. The molecule has 0 aliphatic carbocycles. The van der Waals surface area contributed by atoms with E-state index in [-0.39, 0.29) is 11.3 Å². The molecule has 0 aliphatic rings. The van der Waals surface area contributed by atoms with Crippen LogP contribution in [0, 0.1) is 0 Å². The molecule has 0 saturated heterocycles. The van der Waals surface area contributed by atoms with Crippen LogP contribution in [-0.2, 0) is 6.18 Å². The number of H-pyrrole nitrogens is 1. The SMILES string of the molecule is FC(F)(F)c1nc2nc(Br)c(Br)nc2[nH]1. The van der Waals surface area contributed by atoms with Crippen LogP contribution in [0.2, 0.25) is 0 Å². The van der Waals surface area contributed by atoms with Crippen molar-refractivity contribution in [1.82, 2.24) is 19.9 Å². The molecule has 0 fully saturated rings. The first-order chi connectivity index (χ1) is 6.88. The number of aromatic nitrogens is 4. The molecule has 0 spiro atoms. The topological polar surface area (TPSA) is 54.5 Å². The summed E-state index contributed by atoms with van der Waals surface area (Å²) in [5, 5.41) is 0. The molecule has 0 saturated carbocycles. The van der Waals surface area contributed by atoms with Gasteiger partial charge >= 0.3 is 6.18 Å². The van der Waals surface area contributed by atoms with Gasteiger partial charge in [-0.1, -0.05) is 0 Å². The molecule has 0 amide bonds. The Morgan fingerprint density at radius 3 is 2.20 bits per heavy atom. The second-order valence-corrected chi connectivity index (χ2v) is 4.06. The third-order valence-electron chi connectivity index (χ3n) is 1.52. The second-order valence-electron chi connectivity index (χ2n) is 2.56. The Hall–Kier alpha value is -0.700. The molecule has 0 unspecified atom stereocenters. The zero-order chi connectivity index (χ0) is 11.2. The number of alkyl halides is 3. The monoisotopic (exact) mass is 344 g/mol. The molecule has 80 valence electrons. The lowest BCUT2D eigenvalue weighted by atomic mass is 10.6. The van der Waals surface area contributed by atoms with Gasteiger partial charge in [-0.25, -0.2) is 15.0 Å². The van der Waals surface area contributed by atoms with Crippen LogP contribution in [0.3, 0.4) is 0 Å². The van der Waals surface area contributed by atoms with Crippen molar-refractivity contribution in [3.63, 3.8) is 0 Å². The molecule has 15 heavy (non-hydrogen) atoms. The third kappa shape index (κ3) is 1.98. The van der Waals surface area contributed by atoms with Crippen molar-refractivity contribution < 1.29 is 13.2 Å². The van der Waals surface area contributed by atoms with Crippen molar-refractivity contribution in [2.75, 3.05) is 0 Å². The largest absolute Gasteiger partial charge is 0.449 e. The first kappa shape index (κ1) is 10.8. The number of nitrogens with one attached hydrogen (secondary N) is 1. The number of halogens is 5. The van der Waals surface area contributed by atoms with Gasteiger partial charge in [0.15, 0.2) is 11.3 Å². The molecule has 1 N–H and O–H groups in total. The Labute approximate surface area is 97.6 Å². The summed E-state index contributed by atoms with van der Waals surface area (Å²) in [6, 6.07) is 0. The van der Waals surface area contributed by atoms with Crippen LogP contribution in [0.25, 0.3) is 11.3 Å².